The first-order valence-corrected chi connectivity index (χ1v) is 10.9. The number of rotatable bonds is 6. The summed E-state index contributed by atoms with van der Waals surface area (Å²) in [5.74, 6) is 5.95. The Morgan fingerprint density at radius 2 is 2.17 bits per heavy atom. The second kappa shape index (κ2) is 8.89. The van der Waals surface area contributed by atoms with Crippen LogP contribution in [0.5, 0.6) is 0 Å². The Labute approximate surface area is 174 Å². The molecule has 1 spiro atoms. The lowest BCUT2D eigenvalue weighted by atomic mass is 9.98. The van der Waals surface area contributed by atoms with Crippen molar-refractivity contribution < 1.29 is 9.18 Å². The van der Waals surface area contributed by atoms with Crippen LogP contribution in [-0.4, -0.2) is 65.8 Å². The molecule has 3 unspecified atom stereocenters. The predicted octanol–water partition coefficient (Wildman–Crippen LogP) is 2.56. The number of halogens is 1. The maximum Gasteiger partial charge on any atom is 0.257 e. The number of hydrogen-bond donors (Lipinski definition) is 2. The number of hydrogen-bond acceptors (Lipinski definition) is 4. The molecule has 4 atom stereocenters. The standard InChI is InChI=1S/C23H35FN4O/c1-6-9-16(4)13-18-17(5)26-21(28(8-3)22(18)29)19(10-7-2)27-12-11-25-23(15-27)14-20(23)24/h13,19-21,25-26H,7-8,10-12,14-15H2,1-5H3/b16-13-/t19?,20-,21?,23?/m1/s1. The van der Waals surface area contributed by atoms with E-state index in [-0.39, 0.29) is 23.7 Å². The van der Waals surface area contributed by atoms with Crippen molar-refractivity contribution in [3.8, 4) is 11.8 Å². The minimum atomic E-state index is -0.753. The number of allylic oxidation sites excluding steroid dienone is 2. The number of carbonyl (C=O) groups excluding carboxylic acids is 1. The average molecular weight is 403 g/mol. The van der Waals surface area contributed by atoms with Gasteiger partial charge in [0.15, 0.2) is 0 Å². The molecule has 0 bridgehead atoms. The van der Waals surface area contributed by atoms with Crippen molar-refractivity contribution in [3.63, 3.8) is 0 Å². The van der Waals surface area contributed by atoms with Gasteiger partial charge in [-0.15, -0.1) is 5.92 Å². The van der Waals surface area contributed by atoms with Gasteiger partial charge in [-0.05, 0) is 45.8 Å². The van der Waals surface area contributed by atoms with Crippen molar-refractivity contribution in [1.82, 2.24) is 20.4 Å². The summed E-state index contributed by atoms with van der Waals surface area (Å²) in [5, 5.41) is 7.01. The van der Waals surface area contributed by atoms with Crippen molar-refractivity contribution in [2.24, 2.45) is 0 Å². The predicted molar refractivity (Wildman–Crippen MR) is 115 cm³/mol. The molecule has 3 rings (SSSR count). The van der Waals surface area contributed by atoms with Crippen LogP contribution in [0.15, 0.2) is 22.9 Å². The third kappa shape index (κ3) is 4.36. The van der Waals surface area contributed by atoms with Crippen LogP contribution >= 0.6 is 0 Å². The lowest BCUT2D eigenvalue weighted by Gasteiger charge is -2.48. The topological polar surface area (TPSA) is 47.6 Å². The van der Waals surface area contributed by atoms with Crippen LogP contribution in [0.1, 0.15) is 53.9 Å². The molecule has 1 amide bonds. The van der Waals surface area contributed by atoms with Gasteiger partial charge in [-0.2, -0.15) is 0 Å². The summed E-state index contributed by atoms with van der Waals surface area (Å²) < 4.78 is 14.0. The fourth-order valence-corrected chi connectivity index (χ4v) is 4.76. The summed E-state index contributed by atoms with van der Waals surface area (Å²) in [7, 11) is 0. The molecule has 2 heterocycles. The number of carbonyl (C=O) groups is 1. The molecule has 0 aromatic rings. The van der Waals surface area contributed by atoms with Crippen molar-refractivity contribution in [3.05, 3.63) is 22.9 Å². The monoisotopic (exact) mass is 402 g/mol. The summed E-state index contributed by atoms with van der Waals surface area (Å²) in [6.07, 6.45) is 3.61. The van der Waals surface area contributed by atoms with E-state index in [2.05, 4.69) is 34.3 Å². The van der Waals surface area contributed by atoms with Crippen LogP contribution in [0.25, 0.3) is 0 Å². The third-order valence-corrected chi connectivity index (χ3v) is 6.38. The zero-order valence-electron chi connectivity index (χ0n) is 18.4. The summed E-state index contributed by atoms with van der Waals surface area (Å²) in [4.78, 5) is 17.7. The highest BCUT2D eigenvalue weighted by molar-refractivity contribution is 5.98. The lowest BCUT2D eigenvalue weighted by Crippen LogP contribution is -2.66. The Morgan fingerprint density at radius 3 is 2.76 bits per heavy atom. The Hall–Kier alpha value is -1.84. The Bertz CT molecular complexity index is 765. The molecule has 2 fully saturated rings. The largest absolute Gasteiger partial charge is 0.367 e. The lowest BCUT2D eigenvalue weighted by molar-refractivity contribution is -0.132. The Balaban J connectivity index is 1.88. The first-order chi connectivity index (χ1) is 13.9. The van der Waals surface area contributed by atoms with Crippen LogP contribution in [0.4, 0.5) is 4.39 Å². The second-order valence-electron chi connectivity index (χ2n) is 8.50. The SMILES string of the molecule is CC#C/C(C)=C\C1=C(C)NC(C(CCC)N2CCNC3(C[C@H]3F)C2)N(CC)C1=O. The highest BCUT2D eigenvalue weighted by atomic mass is 19.1. The number of piperazine rings is 1. The van der Waals surface area contributed by atoms with Gasteiger partial charge in [-0.3, -0.25) is 9.69 Å². The van der Waals surface area contributed by atoms with E-state index in [0.29, 0.717) is 25.1 Å². The van der Waals surface area contributed by atoms with Crippen LogP contribution in [0, 0.1) is 11.8 Å². The number of likely N-dealkylation sites (N-methyl/N-ethyl adjacent to an activating group) is 1. The van der Waals surface area contributed by atoms with Gasteiger partial charge in [0.05, 0.1) is 11.1 Å². The molecule has 160 valence electrons. The average Bonchev–Trinajstić information content (AvgIpc) is 3.30. The van der Waals surface area contributed by atoms with Crippen LogP contribution in [0.3, 0.4) is 0 Å². The number of amides is 1. The fourth-order valence-electron chi connectivity index (χ4n) is 4.76. The van der Waals surface area contributed by atoms with Gasteiger partial charge in [0.1, 0.15) is 12.3 Å². The van der Waals surface area contributed by atoms with Gasteiger partial charge < -0.3 is 15.5 Å². The minimum Gasteiger partial charge on any atom is -0.367 e. The summed E-state index contributed by atoms with van der Waals surface area (Å²) >= 11 is 0. The van der Waals surface area contributed by atoms with Crippen LogP contribution in [-0.2, 0) is 4.79 Å². The molecule has 0 aromatic heterocycles. The second-order valence-corrected chi connectivity index (χ2v) is 8.50. The van der Waals surface area contributed by atoms with E-state index in [9.17, 15) is 9.18 Å². The number of nitrogens with one attached hydrogen (secondary N) is 2. The first kappa shape index (κ1) is 21.9. The maximum absolute atomic E-state index is 14.0. The van der Waals surface area contributed by atoms with Gasteiger partial charge in [0.25, 0.3) is 5.91 Å². The molecular formula is C23H35FN4O. The summed E-state index contributed by atoms with van der Waals surface area (Å²) in [5.41, 5.74) is 2.08. The molecule has 5 nitrogen and oxygen atoms in total. The smallest absolute Gasteiger partial charge is 0.257 e. The quantitative estimate of drug-likeness (QED) is 0.671. The number of nitrogens with zero attached hydrogens (tertiary/aromatic N) is 2. The van der Waals surface area contributed by atoms with E-state index in [4.69, 9.17) is 0 Å². The molecule has 29 heavy (non-hydrogen) atoms. The maximum atomic E-state index is 14.0. The van der Waals surface area contributed by atoms with Crippen LogP contribution in [0.2, 0.25) is 0 Å². The molecule has 2 aliphatic heterocycles. The molecule has 0 radical (unpaired) electrons. The molecule has 1 saturated heterocycles. The van der Waals surface area contributed by atoms with Crippen LogP contribution < -0.4 is 10.6 Å². The third-order valence-electron chi connectivity index (χ3n) is 6.38. The molecule has 2 N–H and O–H groups in total. The van der Waals surface area contributed by atoms with Gasteiger partial charge in [0.2, 0.25) is 0 Å². The zero-order valence-corrected chi connectivity index (χ0v) is 18.4. The van der Waals surface area contributed by atoms with E-state index in [0.717, 1.165) is 37.2 Å². The highest BCUT2D eigenvalue weighted by Gasteiger charge is 2.58. The molecular weight excluding hydrogens is 367 g/mol. The first-order valence-electron chi connectivity index (χ1n) is 10.9. The van der Waals surface area contributed by atoms with Gasteiger partial charge in [0, 0.05) is 44.3 Å². The number of alkyl halides is 1. The molecule has 1 saturated carbocycles. The van der Waals surface area contributed by atoms with Gasteiger partial charge in [-0.25, -0.2) is 4.39 Å². The summed E-state index contributed by atoms with van der Waals surface area (Å²) in [6, 6.07) is 0.160. The Morgan fingerprint density at radius 1 is 1.45 bits per heavy atom. The molecule has 0 aromatic carbocycles. The van der Waals surface area contributed by atoms with Gasteiger partial charge in [-0.1, -0.05) is 19.3 Å². The normalized spacial score (nSPS) is 31.4. The van der Waals surface area contributed by atoms with Crippen molar-refractivity contribution in [2.45, 2.75) is 77.8 Å². The highest BCUT2D eigenvalue weighted by Crippen LogP contribution is 2.42. The fraction of sp³-hybridized carbons (Fsp3) is 0.696. The van der Waals surface area contributed by atoms with E-state index in [1.165, 1.54) is 0 Å². The van der Waals surface area contributed by atoms with Gasteiger partial charge >= 0.3 is 0 Å². The van der Waals surface area contributed by atoms with Crippen molar-refractivity contribution >= 4 is 5.91 Å². The molecule has 3 aliphatic rings. The van der Waals surface area contributed by atoms with E-state index in [1.54, 1.807) is 6.92 Å². The van der Waals surface area contributed by atoms with E-state index < -0.39 is 6.17 Å². The minimum absolute atomic E-state index is 0.0479. The van der Waals surface area contributed by atoms with Crippen molar-refractivity contribution in [1.29, 1.82) is 0 Å². The van der Waals surface area contributed by atoms with E-state index in [1.807, 2.05) is 31.7 Å². The zero-order chi connectivity index (χ0) is 21.2. The molecule has 1 aliphatic carbocycles. The Kier molecular flexibility index (Phi) is 6.70. The summed E-state index contributed by atoms with van der Waals surface area (Å²) in [6.45, 7) is 12.9. The molecule has 6 heteroatoms. The van der Waals surface area contributed by atoms with Crippen molar-refractivity contribution in [2.75, 3.05) is 26.2 Å². The van der Waals surface area contributed by atoms with E-state index >= 15 is 0 Å².